The van der Waals surface area contributed by atoms with Crippen LogP contribution < -0.4 is 4.90 Å². The van der Waals surface area contributed by atoms with E-state index in [1.54, 1.807) is 30.5 Å². The lowest BCUT2D eigenvalue weighted by atomic mass is 10.2. The molecule has 228 valence electrons. The van der Waals surface area contributed by atoms with Gasteiger partial charge in [-0.1, -0.05) is 35.9 Å². The smallest absolute Gasteiger partial charge is 0.339 e. The highest BCUT2D eigenvalue weighted by Crippen LogP contribution is 2.25. The molecule has 1 fully saturated rings. The Morgan fingerprint density at radius 2 is 1.27 bits per heavy atom. The fraction of sp³-hybridized carbons (Fsp3) is 0.133. The first-order valence-corrected chi connectivity index (χ1v) is 13.8. The van der Waals surface area contributed by atoms with Crippen molar-refractivity contribution in [3.05, 3.63) is 101 Å². The van der Waals surface area contributed by atoms with Gasteiger partial charge in [0.1, 0.15) is 22.8 Å². The molecule has 12 nitrogen and oxygen atoms in total. The fourth-order valence-corrected chi connectivity index (χ4v) is 4.94. The van der Waals surface area contributed by atoms with Gasteiger partial charge in [0.15, 0.2) is 22.3 Å². The molecule has 2 aromatic carbocycles. The Hall–Kier alpha value is -5.47. The van der Waals surface area contributed by atoms with Crippen LogP contribution in [0.2, 0.25) is 5.15 Å². The van der Waals surface area contributed by atoms with Gasteiger partial charge in [-0.3, -0.25) is 0 Å². The average Bonchev–Trinajstić information content (AvgIpc) is 3.65. The van der Waals surface area contributed by atoms with E-state index in [9.17, 15) is 23.5 Å². The number of hydrogen-bond donors (Lipinski definition) is 2. The Kier molecular flexibility index (Phi) is 8.06. The number of hydrogen-bond acceptors (Lipinski definition) is 8. The quantitative estimate of drug-likeness (QED) is 0.267. The molecule has 1 aliphatic rings. The number of carboxylic acids is 2. The van der Waals surface area contributed by atoms with Crippen LogP contribution in [0.4, 0.5) is 14.6 Å². The molecule has 6 aromatic rings. The Balaban J connectivity index is 0.000000163. The standard InChI is InChI=1S/C17H15FN4O3.C13H7ClFN3O2/c18-12-3-1-2-11(8-12)14-10-22-16(19-14)13(17(23)24)9-15(20-22)21-4-6-25-7-5-21;14-11-5-9(13(19)20)12-16-10(6-18(12)17-11)7-2-1-3-8(15)4-7/h1-3,8-10H,4-7H2,(H,23,24);1-6H,(H,19,20). The van der Waals surface area contributed by atoms with Crippen LogP contribution in [0.5, 0.6) is 0 Å². The van der Waals surface area contributed by atoms with E-state index in [2.05, 4.69) is 20.2 Å². The van der Waals surface area contributed by atoms with Crippen molar-refractivity contribution in [2.75, 3.05) is 31.2 Å². The minimum absolute atomic E-state index is 0.0399. The maximum absolute atomic E-state index is 13.5. The lowest BCUT2D eigenvalue weighted by Gasteiger charge is -2.27. The summed E-state index contributed by atoms with van der Waals surface area (Å²) >= 11 is 5.77. The molecule has 0 spiro atoms. The number of aromatic nitrogens is 6. The van der Waals surface area contributed by atoms with Crippen molar-refractivity contribution < 1.29 is 33.3 Å². The summed E-state index contributed by atoms with van der Waals surface area (Å²) in [6.07, 6.45) is 3.11. The van der Waals surface area contributed by atoms with Gasteiger partial charge in [0, 0.05) is 30.3 Å². The first kappa shape index (κ1) is 29.6. The summed E-state index contributed by atoms with van der Waals surface area (Å²) in [4.78, 5) is 33.3. The number of ether oxygens (including phenoxy) is 1. The number of halogens is 3. The number of carbonyl (C=O) groups is 2. The third-order valence-corrected chi connectivity index (χ3v) is 7.03. The van der Waals surface area contributed by atoms with Gasteiger partial charge >= 0.3 is 11.9 Å². The minimum Gasteiger partial charge on any atom is -0.478 e. The molecule has 0 aliphatic carbocycles. The molecule has 15 heteroatoms. The summed E-state index contributed by atoms with van der Waals surface area (Å²) < 4.78 is 34.7. The van der Waals surface area contributed by atoms with Gasteiger partial charge in [-0.25, -0.2) is 37.4 Å². The Bertz CT molecular complexity index is 2080. The van der Waals surface area contributed by atoms with Crippen LogP contribution in [0.15, 0.2) is 73.1 Å². The molecule has 0 unspecified atom stereocenters. The molecular formula is C30H22ClF2N7O5. The Labute approximate surface area is 257 Å². The van der Waals surface area contributed by atoms with Gasteiger partial charge in [0.05, 0.1) is 37.0 Å². The summed E-state index contributed by atoms with van der Waals surface area (Å²) in [6.45, 7) is 2.42. The van der Waals surface area contributed by atoms with Crippen LogP contribution in [0.1, 0.15) is 20.7 Å². The number of rotatable bonds is 5. The van der Waals surface area contributed by atoms with E-state index in [0.29, 0.717) is 54.6 Å². The number of aromatic carboxylic acids is 2. The number of anilines is 1. The second-order valence-corrected chi connectivity index (χ2v) is 10.2. The normalized spacial score (nSPS) is 13.1. The van der Waals surface area contributed by atoms with Crippen molar-refractivity contribution in [3.8, 4) is 22.5 Å². The van der Waals surface area contributed by atoms with Gasteiger partial charge in [0.2, 0.25) is 0 Å². The van der Waals surface area contributed by atoms with Gasteiger partial charge in [-0.05, 0) is 30.3 Å². The highest BCUT2D eigenvalue weighted by molar-refractivity contribution is 6.29. The summed E-state index contributed by atoms with van der Waals surface area (Å²) in [6, 6.07) is 14.6. The van der Waals surface area contributed by atoms with Crippen molar-refractivity contribution in [2.45, 2.75) is 0 Å². The van der Waals surface area contributed by atoms with Crippen LogP contribution in [0, 0.1) is 11.6 Å². The van der Waals surface area contributed by atoms with E-state index in [1.807, 2.05) is 4.90 Å². The van der Waals surface area contributed by atoms with Gasteiger partial charge < -0.3 is 19.8 Å². The number of nitrogens with zero attached hydrogens (tertiary/aromatic N) is 7. The summed E-state index contributed by atoms with van der Waals surface area (Å²) in [7, 11) is 0. The molecule has 0 radical (unpaired) electrons. The largest absolute Gasteiger partial charge is 0.478 e. The minimum atomic E-state index is -1.16. The Morgan fingerprint density at radius 1 is 0.756 bits per heavy atom. The number of morpholine rings is 1. The molecule has 45 heavy (non-hydrogen) atoms. The summed E-state index contributed by atoms with van der Waals surface area (Å²) in [5.74, 6) is -2.47. The van der Waals surface area contributed by atoms with Crippen molar-refractivity contribution >= 4 is 40.7 Å². The molecular weight excluding hydrogens is 612 g/mol. The van der Waals surface area contributed by atoms with E-state index >= 15 is 0 Å². The molecule has 1 aliphatic heterocycles. The topological polar surface area (TPSA) is 147 Å². The van der Waals surface area contributed by atoms with E-state index in [0.717, 1.165) is 0 Å². The average molecular weight is 634 g/mol. The van der Waals surface area contributed by atoms with Crippen LogP contribution in [0.3, 0.4) is 0 Å². The maximum atomic E-state index is 13.5. The number of carboxylic acid groups (broad SMARTS) is 2. The van der Waals surface area contributed by atoms with E-state index in [1.165, 1.54) is 51.6 Å². The maximum Gasteiger partial charge on any atom is 0.339 e. The van der Waals surface area contributed by atoms with Crippen LogP contribution in [-0.4, -0.2) is 77.7 Å². The zero-order valence-electron chi connectivity index (χ0n) is 23.1. The molecule has 5 heterocycles. The molecule has 4 aromatic heterocycles. The predicted molar refractivity (Wildman–Crippen MR) is 159 cm³/mol. The molecule has 0 amide bonds. The zero-order valence-corrected chi connectivity index (χ0v) is 23.9. The fourth-order valence-electron chi connectivity index (χ4n) is 4.75. The van der Waals surface area contributed by atoms with Crippen LogP contribution in [-0.2, 0) is 4.74 Å². The molecule has 0 bridgehead atoms. The highest BCUT2D eigenvalue weighted by Gasteiger charge is 2.20. The second-order valence-electron chi connectivity index (χ2n) is 9.82. The molecule has 2 N–H and O–H groups in total. The van der Waals surface area contributed by atoms with Gasteiger partial charge in [-0.2, -0.15) is 5.10 Å². The van der Waals surface area contributed by atoms with Crippen LogP contribution >= 0.6 is 11.6 Å². The monoisotopic (exact) mass is 633 g/mol. The molecule has 0 saturated carbocycles. The lowest BCUT2D eigenvalue weighted by Crippen LogP contribution is -2.37. The van der Waals surface area contributed by atoms with E-state index in [4.69, 9.17) is 21.4 Å². The number of imidazole rings is 2. The lowest BCUT2D eigenvalue weighted by molar-refractivity contribution is 0.0687. The molecule has 1 saturated heterocycles. The molecule has 0 atom stereocenters. The third-order valence-electron chi connectivity index (χ3n) is 6.84. The second kappa shape index (κ2) is 12.3. The first-order chi connectivity index (χ1) is 21.7. The summed E-state index contributed by atoms with van der Waals surface area (Å²) in [5.41, 5.74) is 2.35. The number of benzene rings is 2. The van der Waals surface area contributed by atoms with Crippen molar-refractivity contribution in [1.29, 1.82) is 0 Å². The summed E-state index contributed by atoms with van der Waals surface area (Å²) in [5, 5.41) is 27.1. The zero-order chi connectivity index (χ0) is 31.7. The highest BCUT2D eigenvalue weighted by atomic mass is 35.5. The van der Waals surface area contributed by atoms with Crippen molar-refractivity contribution in [2.24, 2.45) is 0 Å². The van der Waals surface area contributed by atoms with E-state index < -0.39 is 17.8 Å². The van der Waals surface area contributed by atoms with Crippen molar-refractivity contribution in [3.63, 3.8) is 0 Å². The van der Waals surface area contributed by atoms with Gasteiger partial charge in [0.25, 0.3) is 0 Å². The Morgan fingerprint density at radius 3 is 1.78 bits per heavy atom. The SMILES string of the molecule is O=C(O)c1cc(Cl)nn2cc(-c3cccc(F)c3)nc12.O=C(O)c1cc(N2CCOCC2)nn2cc(-c3cccc(F)c3)nc12. The van der Waals surface area contributed by atoms with Crippen LogP contribution in [0.25, 0.3) is 33.8 Å². The van der Waals surface area contributed by atoms with Crippen molar-refractivity contribution in [1.82, 2.24) is 29.2 Å². The predicted octanol–water partition coefficient (Wildman–Crippen LogP) is 4.96. The number of fused-ring (bicyclic) bond motifs is 2. The third kappa shape index (κ3) is 6.27. The first-order valence-electron chi connectivity index (χ1n) is 13.4. The van der Waals surface area contributed by atoms with Gasteiger partial charge in [-0.15, -0.1) is 5.10 Å². The van der Waals surface area contributed by atoms with E-state index in [-0.39, 0.29) is 33.4 Å². The molecule has 7 rings (SSSR count).